The molecule has 1 saturated heterocycles. The number of halogens is 2. The molecule has 5 aromatic rings. The van der Waals surface area contributed by atoms with Crippen molar-refractivity contribution in [2.45, 2.75) is 102 Å². The summed E-state index contributed by atoms with van der Waals surface area (Å²) in [5.41, 5.74) is 4.02. The predicted octanol–water partition coefficient (Wildman–Crippen LogP) is 7.97. The highest BCUT2D eigenvalue weighted by atomic mass is 35.5. The first-order valence-electron chi connectivity index (χ1n) is 25.8. The Kier molecular flexibility index (Phi) is 21.9. The standard InChI is InChI=1S/C58H74Cl2N8O8/c1-10-11-17-49-38(2)62-54(69)32-46(29-40-18-23-44(59)24-19-40)65(5)58(73)48(36-74-8)63-56(71)51(37-75-9)68(55(70)30-43(57(72)67(49)7)28-39-15-13-12-14-16-39)34-42-20-25-45(60)31-52(42)76-47-26-21-41(22-27-47)50-33-61-53(66(50)6)35-64(3)4/h12-16,18-27,31,33,38,43,46,48-49,51H,10-11,17,28-30,32,34-37H2,1-9H3,(H,62,69)(H,63,71)/t38-,43+,46-,48-,49-,51+/m0/s1. The van der Waals surface area contributed by atoms with Crippen LogP contribution in [0.15, 0.2) is 103 Å². The van der Waals surface area contributed by atoms with Crippen LogP contribution in [0.25, 0.3) is 11.3 Å². The van der Waals surface area contributed by atoms with E-state index in [4.69, 9.17) is 37.4 Å². The number of methoxy groups -OCH3 is 2. The van der Waals surface area contributed by atoms with Crippen LogP contribution in [-0.2, 0) is 66.4 Å². The molecule has 0 aliphatic carbocycles. The molecule has 5 amide bonds. The van der Waals surface area contributed by atoms with Gasteiger partial charge in [0.05, 0.1) is 50.2 Å². The maximum absolute atomic E-state index is 15.5. The van der Waals surface area contributed by atoms with Crippen LogP contribution >= 0.6 is 23.2 Å². The third kappa shape index (κ3) is 15.9. The summed E-state index contributed by atoms with van der Waals surface area (Å²) in [5, 5.41) is 6.97. The first-order chi connectivity index (χ1) is 36.4. The smallest absolute Gasteiger partial charge is 0.247 e. The summed E-state index contributed by atoms with van der Waals surface area (Å²) in [4.78, 5) is 85.9. The molecule has 6 atom stereocenters. The van der Waals surface area contributed by atoms with Crippen molar-refractivity contribution in [1.82, 2.24) is 39.8 Å². The van der Waals surface area contributed by atoms with Crippen molar-refractivity contribution in [3.8, 4) is 22.8 Å². The number of carbonyl (C=O) groups is 5. The Hall–Kier alpha value is -6.30. The Morgan fingerprint density at radius 1 is 0.763 bits per heavy atom. The van der Waals surface area contributed by atoms with Gasteiger partial charge in [-0.1, -0.05) is 91.5 Å². The summed E-state index contributed by atoms with van der Waals surface area (Å²) in [6.45, 7) is 3.91. The fourth-order valence-corrected chi connectivity index (χ4v) is 10.0. The molecule has 2 heterocycles. The number of hydrogen-bond acceptors (Lipinski definition) is 10. The highest BCUT2D eigenvalue weighted by Gasteiger charge is 2.39. The molecule has 6 rings (SSSR count). The molecule has 1 aliphatic rings. The van der Waals surface area contributed by atoms with Crippen LogP contribution in [-0.4, -0.2) is 145 Å². The van der Waals surface area contributed by atoms with Crippen molar-refractivity contribution in [2.24, 2.45) is 13.0 Å². The average Bonchev–Trinajstić information content (AvgIpc) is 3.75. The second kappa shape index (κ2) is 28.2. The van der Waals surface area contributed by atoms with E-state index in [1.54, 1.807) is 49.3 Å². The van der Waals surface area contributed by atoms with Crippen LogP contribution in [0.2, 0.25) is 10.0 Å². The first-order valence-corrected chi connectivity index (χ1v) is 26.6. The number of rotatable bonds is 18. The number of carbonyl (C=O) groups excluding carboxylic acids is 5. The SMILES string of the molecule is CCCC[C@H]1[C@H](C)NC(=O)C[C@H](Cc2ccc(Cl)cc2)N(C)C(=O)[C@H](COC)NC(=O)[C@@H](COC)N(Cc2ccc(Cl)cc2Oc2ccc(-c3cnc(CN(C)C)n3C)cc2)C(=O)C[C@@H](Cc2ccccc2)C(=O)N1C. The fourth-order valence-electron chi connectivity index (χ4n) is 9.76. The van der Waals surface area contributed by atoms with Gasteiger partial charge in [-0.25, -0.2) is 4.98 Å². The summed E-state index contributed by atoms with van der Waals surface area (Å²) in [6, 6.07) is 25.0. The van der Waals surface area contributed by atoms with E-state index in [1.165, 1.54) is 24.0 Å². The van der Waals surface area contributed by atoms with Gasteiger partial charge in [-0.2, -0.15) is 0 Å². The number of nitrogens with zero attached hydrogens (tertiary/aromatic N) is 6. The third-order valence-electron chi connectivity index (χ3n) is 14.0. The molecular formula is C58H74Cl2N8O8. The predicted molar refractivity (Wildman–Crippen MR) is 296 cm³/mol. The molecule has 1 aliphatic heterocycles. The summed E-state index contributed by atoms with van der Waals surface area (Å²) >= 11 is 12.9. The van der Waals surface area contributed by atoms with E-state index in [0.29, 0.717) is 40.1 Å². The van der Waals surface area contributed by atoms with Crippen molar-refractivity contribution < 1.29 is 38.2 Å². The molecule has 0 spiro atoms. The summed E-state index contributed by atoms with van der Waals surface area (Å²) in [6.07, 6.45) is 4.10. The van der Waals surface area contributed by atoms with E-state index in [1.807, 2.05) is 106 Å². The van der Waals surface area contributed by atoms with E-state index in [2.05, 4.69) is 27.4 Å². The van der Waals surface area contributed by atoms with Crippen LogP contribution in [0.5, 0.6) is 11.5 Å². The monoisotopic (exact) mass is 1080 g/mol. The Morgan fingerprint density at radius 2 is 1.43 bits per heavy atom. The normalized spacial score (nSPS) is 20.6. The fraction of sp³-hybridized carbons (Fsp3) is 0.448. The molecule has 4 aromatic carbocycles. The van der Waals surface area contributed by atoms with Gasteiger partial charge >= 0.3 is 0 Å². The van der Waals surface area contributed by atoms with Crippen molar-refractivity contribution in [1.29, 1.82) is 0 Å². The topological polar surface area (TPSA) is 168 Å². The molecule has 0 bridgehead atoms. The Morgan fingerprint density at radius 3 is 2.09 bits per heavy atom. The van der Waals surface area contributed by atoms with E-state index < -0.39 is 53.8 Å². The lowest BCUT2D eigenvalue weighted by Crippen LogP contribution is -2.59. The van der Waals surface area contributed by atoms with Gasteiger partial charge in [0, 0.05) is 81.5 Å². The zero-order chi connectivity index (χ0) is 55.1. The van der Waals surface area contributed by atoms with Crippen molar-refractivity contribution in [3.05, 3.63) is 136 Å². The number of unbranched alkanes of at least 4 members (excludes halogenated alkanes) is 1. The van der Waals surface area contributed by atoms with E-state index in [9.17, 15) is 9.59 Å². The molecule has 1 fully saturated rings. The van der Waals surface area contributed by atoms with Crippen LogP contribution in [0.1, 0.15) is 68.5 Å². The minimum absolute atomic E-state index is 0.0931. The van der Waals surface area contributed by atoms with Crippen LogP contribution in [0.4, 0.5) is 0 Å². The minimum atomic E-state index is -1.34. The van der Waals surface area contributed by atoms with Gasteiger partial charge in [0.2, 0.25) is 29.5 Å². The molecule has 0 radical (unpaired) electrons. The molecule has 408 valence electrons. The number of aromatic nitrogens is 2. The lowest BCUT2D eigenvalue weighted by Gasteiger charge is -2.38. The Balaban J connectivity index is 1.44. The first kappa shape index (κ1) is 59.0. The Bertz CT molecular complexity index is 2720. The third-order valence-corrected chi connectivity index (χ3v) is 14.5. The molecule has 76 heavy (non-hydrogen) atoms. The van der Waals surface area contributed by atoms with Crippen molar-refractivity contribution >= 4 is 52.7 Å². The van der Waals surface area contributed by atoms with Gasteiger partial charge < -0.3 is 49.0 Å². The molecule has 2 N–H and O–H groups in total. The zero-order valence-electron chi connectivity index (χ0n) is 45.3. The number of imidazole rings is 1. The van der Waals surface area contributed by atoms with E-state index >= 15 is 14.4 Å². The molecule has 18 heteroatoms. The molecule has 0 saturated carbocycles. The minimum Gasteiger partial charge on any atom is -0.457 e. The second-order valence-corrected chi connectivity index (χ2v) is 20.9. The van der Waals surface area contributed by atoms with Gasteiger partial charge in [-0.3, -0.25) is 24.0 Å². The summed E-state index contributed by atoms with van der Waals surface area (Å²) in [5.74, 6) is -1.55. The van der Waals surface area contributed by atoms with Crippen molar-refractivity contribution in [3.63, 3.8) is 0 Å². The van der Waals surface area contributed by atoms with E-state index in [0.717, 1.165) is 41.1 Å². The number of ether oxygens (including phenoxy) is 3. The quantitative estimate of drug-likeness (QED) is 0.0879. The van der Waals surface area contributed by atoms with Crippen LogP contribution < -0.4 is 15.4 Å². The second-order valence-electron chi connectivity index (χ2n) is 20.0. The van der Waals surface area contributed by atoms with Gasteiger partial charge in [-0.15, -0.1) is 0 Å². The van der Waals surface area contributed by atoms with E-state index in [-0.39, 0.29) is 57.3 Å². The molecule has 1 aromatic heterocycles. The van der Waals surface area contributed by atoms with Crippen molar-refractivity contribution in [2.75, 3.05) is 55.6 Å². The van der Waals surface area contributed by atoms with Gasteiger partial charge in [0.15, 0.2) is 0 Å². The number of hydrogen-bond donors (Lipinski definition) is 2. The maximum atomic E-state index is 15.5. The number of likely N-dealkylation sites (N-methyl/N-ethyl adjacent to an activating group) is 2. The highest BCUT2D eigenvalue weighted by molar-refractivity contribution is 6.31. The number of nitrogens with one attached hydrogen (secondary N) is 2. The number of benzene rings is 4. The maximum Gasteiger partial charge on any atom is 0.247 e. The van der Waals surface area contributed by atoms with Gasteiger partial charge in [0.25, 0.3) is 0 Å². The largest absolute Gasteiger partial charge is 0.457 e. The number of amides is 5. The van der Waals surface area contributed by atoms with Gasteiger partial charge in [0.1, 0.15) is 29.4 Å². The lowest BCUT2D eigenvalue weighted by atomic mass is 9.91. The molecule has 16 nitrogen and oxygen atoms in total. The average molecular weight is 1080 g/mol. The molecule has 0 unspecified atom stereocenters. The summed E-state index contributed by atoms with van der Waals surface area (Å²) < 4.78 is 19.9. The summed E-state index contributed by atoms with van der Waals surface area (Å²) in [7, 11) is 12.1. The van der Waals surface area contributed by atoms with Crippen LogP contribution in [0.3, 0.4) is 0 Å². The van der Waals surface area contributed by atoms with Gasteiger partial charge in [-0.05, 0) is 99.9 Å². The lowest BCUT2D eigenvalue weighted by molar-refractivity contribution is -0.149. The Labute approximate surface area is 457 Å². The molecular weight excluding hydrogens is 1010 g/mol. The zero-order valence-corrected chi connectivity index (χ0v) is 46.8. The highest BCUT2D eigenvalue weighted by Crippen LogP contribution is 2.33. The van der Waals surface area contributed by atoms with Crippen LogP contribution in [0, 0.1) is 5.92 Å².